The number of aromatic nitrogens is 1. The third kappa shape index (κ3) is 4.59. The van der Waals surface area contributed by atoms with Crippen molar-refractivity contribution < 1.29 is 14.3 Å². The Bertz CT molecular complexity index is 996. The predicted octanol–water partition coefficient (Wildman–Crippen LogP) is 3.54. The number of methoxy groups -OCH3 is 1. The largest absolute Gasteiger partial charge is 0.465 e. The lowest BCUT2D eigenvalue weighted by Crippen LogP contribution is -2.10. The number of thiazole rings is 1. The zero-order valence-electron chi connectivity index (χ0n) is 14.5. The number of carbonyl (C=O) groups is 2. The molecule has 27 heavy (non-hydrogen) atoms. The molecule has 0 aliphatic rings. The first kappa shape index (κ1) is 18.3. The van der Waals surface area contributed by atoms with E-state index in [9.17, 15) is 9.59 Å². The summed E-state index contributed by atoms with van der Waals surface area (Å²) in [6.45, 7) is 0. The second kappa shape index (κ2) is 8.29. The van der Waals surface area contributed by atoms with Gasteiger partial charge in [-0.2, -0.15) is 0 Å². The van der Waals surface area contributed by atoms with Gasteiger partial charge >= 0.3 is 5.97 Å². The zero-order valence-corrected chi connectivity index (χ0v) is 15.3. The minimum atomic E-state index is -0.415. The summed E-state index contributed by atoms with van der Waals surface area (Å²) in [5.74, 6) is -0.775. The van der Waals surface area contributed by atoms with Crippen molar-refractivity contribution in [2.45, 2.75) is 0 Å². The molecule has 0 bridgehead atoms. The van der Waals surface area contributed by atoms with E-state index in [4.69, 9.17) is 10.5 Å². The van der Waals surface area contributed by atoms with Crippen LogP contribution in [-0.2, 0) is 9.53 Å². The highest BCUT2D eigenvalue weighted by atomic mass is 32.1. The lowest BCUT2D eigenvalue weighted by molar-refractivity contribution is -0.111. The number of hydrogen-bond acceptors (Lipinski definition) is 6. The maximum Gasteiger partial charge on any atom is 0.337 e. The van der Waals surface area contributed by atoms with Gasteiger partial charge in [-0.25, -0.2) is 9.78 Å². The molecule has 0 aliphatic heterocycles. The van der Waals surface area contributed by atoms with Crippen molar-refractivity contribution in [1.29, 1.82) is 0 Å². The number of carbonyl (C=O) groups excluding carboxylic acids is 2. The Hall–Kier alpha value is -3.45. The molecule has 0 aliphatic carbocycles. The number of nitrogens with one attached hydrogen (secondary N) is 1. The minimum Gasteiger partial charge on any atom is -0.465 e. The summed E-state index contributed by atoms with van der Waals surface area (Å²) in [7, 11) is 1.33. The van der Waals surface area contributed by atoms with Crippen molar-refractivity contribution in [3.63, 3.8) is 0 Å². The minimum absolute atomic E-state index is 0.361. The van der Waals surface area contributed by atoms with E-state index in [0.29, 0.717) is 22.1 Å². The van der Waals surface area contributed by atoms with E-state index in [2.05, 4.69) is 10.3 Å². The molecule has 0 saturated carbocycles. The van der Waals surface area contributed by atoms with Gasteiger partial charge in [0.05, 0.1) is 18.4 Å². The summed E-state index contributed by atoms with van der Waals surface area (Å²) in [5.41, 5.74) is 8.93. The Balaban J connectivity index is 1.73. The monoisotopic (exact) mass is 379 g/mol. The van der Waals surface area contributed by atoms with Crippen molar-refractivity contribution in [3.05, 3.63) is 77.2 Å². The molecule has 0 spiro atoms. The van der Waals surface area contributed by atoms with Crippen LogP contribution in [-0.4, -0.2) is 24.0 Å². The van der Waals surface area contributed by atoms with Gasteiger partial charge in [-0.1, -0.05) is 42.5 Å². The molecule has 6 nitrogen and oxygen atoms in total. The number of hydrogen-bond donors (Lipinski definition) is 2. The summed E-state index contributed by atoms with van der Waals surface area (Å²) in [6.07, 6.45) is 1.33. The maximum absolute atomic E-state index is 12.2. The van der Waals surface area contributed by atoms with Crippen LogP contribution in [0.2, 0.25) is 0 Å². The number of nitrogens with two attached hydrogens (primary N) is 1. The van der Waals surface area contributed by atoms with E-state index in [1.807, 2.05) is 36.4 Å². The highest BCUT2D eigenvalue weighted by Gasteiger charge is 2.10. The Morgan fingerprint density at radius 3 is 2.59 bits per heavy atom. The predicted molar refractivity (Wildman–Crippen MR) is 106 cm³/mol. The molecule has 0 fully saturated rings. The van der Waals surface area contributed by atoms with Crippen LogP contribution in [0.5, 0.6) is 0 Å². The zero-order chi connectivity index (χ0) is 19.2. The smallest absolute Gasteiger partial charge is 0.337 e. The first-order valence-corrected chi connectivity index (χ1v) is 8.92. The molecule has 0 atom stereocenters. The third-order valence-electron chi connectivity index (χ3n) is 3.71. The number of rotatable bonds is 5. The van der Waals surface area contributed by atoms with Crippen molar-refractivity contribution in [2.75, 3.05) is 12.4 Å². The molecular formula is C20H17N3O3S. The molecule has 0 saturated heterocycles. The van der Waals surface area contributed by atoms with Crippen LogP contribution < -0.4 is 11.1 Å². The summed E-state index contributed by atoms with van der Waals surface area (Å²) in [6, 6.07) is 16.2. The molecule has 0 unspecified atom stereocenters. The fourth-order valence-corrected chi connectivity index (χ4v) is 3.11. The van der Waals surface area contributed by atoms with Crippen LogP contribution in [0, 0.1) is 0 Å². The lowest BCUT2D eigenvalue weighted by Gasteiger charge is -2.02. The van der Waals surface area contributed by atoms with E-state index < -0.39 is 5.97 Å². The molecular weight excluding hydrogens is 362 g/mol. The van der Waals surface area contributed by atoms with Gasteiger partial charge in [0.1, 0.15) is 0 Å². The normalized spacial score (nSPS) is 11.1. The second-order valence-corrected chi connectivity index (χ2v) is 6.42. The molecule has 3 aromatic rings. The Morgan fingerprint density at radius 2 is 1.85 bits per heavy atom. The number of ether oxygens (including phenoxy) is 1. The molecule has 1 aromatic heterocycles. The van der Waals surface area contributed by atoms with E-state index in [-0.39, 0.29) is 5.91 Å². The quantitative estimate of drug-likeness (QED) is 0.522. The standard InChI is InChI=1S/C20H17N3O3S/c1-26-19(25)15-9-5-8-14(10-15)17-12-27-20(22-17)23-18(24)11-16(21)13-6-3-2-4-7-13/h2-12H,21H2,1H3,(H,22,23,24)/b16-11-. The van der Waals surface area contributed by atoms with Crippen LogP contribution in [0.25, 0.3) is 17.0 Å². The Morgan fingerprint density at radius 1 is 1.11 bits per heavy atom. The number of nitrogens with zero attached hydrogens (tertiary/aromatic N) is 1. The molecule has 1 heterocycles. The van der Waals surface area contributed by atoms with E-state index in [1.54, 1.807) is 23.6 Å². The number of anilines is 1. The number of esters is 1. The number of benzene rings is 2. The average molecular weight is 379 g/mol. The van der Waals surface area contributed by atoms with Crippen molar-refractivity contribution >= 4 is 34.0 Å². The summed E-state index contributed by atoms with van der Waals surface area (Å²) >= 11 is 1.29. The van der Waals surface area contributed by atoms with E-state index >= 15 is 0 Å². The lowest BCUT2D eigenvalue weighted by atomic mass is 10.1. The van der Waals surface area contributed by atoms with E-state index in [1.165, 1.54) is 24.5 Å². The van der Waals surface area contributed by atoms with Gasteiger partial charge in [0, 0.05) is 22.7 Å². The Kier molecular flexibility index (Phi) is 5.63. The van der Waals surface area contributed by atoms with Gasteiger partial charge in [-0.3, -0.25) is 10.1 Å². The van der Waals surface area contributed by atoms with Crippen LogP contribution >= 0.6 is 11.3 Å². The maximum atomic E-state index is 12.2. The van der Waals surface area contributed by atoms with Crippen molar-refractivity contribution in [3.8, 4) is 11.3 Å². The van der Waals surface area contributed by atoms with Gasteiger partial charge < -0.3 is 10.5 Å². The summed E-state index contributed by atoms with van der Waals surface area (Å²) < 4.78 is 4.73. The van der Waals surface area contributed by atoms with Crippen molar-refractivity contribution in [1.82, 2.24) is 4.98 Å². The van der Waals surface area contributed by atoms with Crippen LogP contribution in [0.1, 0.15) is 15.9 Å². The topological polar surface area (TPSA) is 94.3 Å². The fourth-order valence-electron chi connectivity index (χ4n) is 2.38. The van der Waals surface area contributed by atoms with Gasteiger partial charge in [-0.15, -0.1) is 11.3 Å². The van der Waals surface area contributed by atoms with Crippen molar-refractivity contribution in [2.24, 2.45) is 5.73 Å². The summed E-state index contributed by atoms with van der Waals surface area (Å²) in [5, 5.41) is 4.94. The fraction of sp³-hybridized carbons (Fsp3) is 0.0500. The highest BCUT2D eigenvalue weighted by Crippen LogP contribution is 2.26. The molecule has 136 valence electrons. The molecule has 3 rings (SSSR count). The van der Waals surface area contributed by atoms with Gasteiger partial charge in [-0.05, 0) is 17.7 Å². The second-order valence-electron chi connectivity index (χ2n) is 5.57. The van der Waals surface area contributed by atoms with Crippen LogP contribution in [0.4, 0.5) is 5.13 Å². The molecule has 0 radical (unpaired) electrons. The van der Waals surface area contributed by atoms with Gasteiger partial charge in [0.2, 0.25) is 0 Å². The highest BCUT2D eigenvalue weighted by molar-refractivity contribution is 7.14. The Labute approximate surface area is 160 Å². The average Bonchev–Trinajstić information content (AvgIpc) is 3.16. The third-order valence-corrected chi connectivity index (χ3v) is 4.47. The molecule has 1 amide bonds. The SMILES string of the molecule is COC(=O)c1cccc(-c2csc(NC(=O)/C=C(\N)c3ccccc3)n2)c1. The number of amides is 1. The van der Waals surface area contributed by atoms with Crippen LogP contribution in [0.15, 0.2) is 66.1 Å². The first-order valence-electron chi connectivity index (χ1n) is 8.04. The van der Waals surface area contributed by atoms with Gasteiger partial charge in [0.15, 0.2) is 5.13 Å². The van der Waals surface area contributed by atoms with Gasteiger partial charge in [0.25, 0.3) is 5.91 Å². The summed E-state index contributed by atoms with van der Waals surface area (Å²) in [4.78, 5) is 28.2. The first-order chi connectivity index (χ1) is 13.1. The van der Waals surface area contributed by atoms with Crippen LogP contribution in [0.3, 0.4) is 0 Å². The van der Waals surface area contributed by atoms with E-state index in [0.717, 1.165) is 11.1 Å². The molecule has 2 aromatic carbocycles. The molecule has 3 N–H and O–H groups in total. The molecule has 7 heteroatoms.